The molecule has 0 saturated heterocycles. The molecule has 352 valence electrons. The molecule has 4 rings (SSSR count). The lowest BCUT2D eigenvalue weighted by Gasteiger charge is -2.32. The first-order valence-corrected chi connectivity index (χ1v) is 23.6. The second kappa shape index (κ2) is 24.2. The normalized spacial score (nSPS) is 19.8. The van der Waals surface area contributed by atoms with E-state index in [1.807, 2.05) is 6.92 Å². The maximum absolute atomic E-state index is 14.3. The summed E-state index contributed by atoms with van der Waals surface area (Å²) in [6.07, 6.45) is 21.3. The molecule has 2 atom stereocenters. The first-order valence-electron chi connectivity index (χ1n) is 23.6. The summed E-state index contributed by atoms with van der Waals surface area (Å²) in [5.41, 5.74) is 8.81. The molecule has 3 amide bonds. The summed E-state index contributed by atoms with van der Waals surface area (Å²) in [6.45, 7) is 25.5. The van der Waals surface area contributed by atoms with Gasteiger partial charge in [-0.15, -0.1) is 0 Å². The standard InChI is InChI=1S/C53H79N5O6/c1-13-31-54-44-24-18-16-22-42(44)52(7,8)30-20-21-40-26-27-41(28-29-46-53(9,10)43-23-17-19-25-45(43)57(46)34-15-3)47(40)39(6)48(62-12)58(51(61)56(11)33-14-2)35-37-64-50(60)55-32-36-63-49(59)38(4)5/h17,19-25,28-29,40,47,54H,4,13-16,18,26-27,30-37H2,1-3,5-12H3,(H,55,60)/b21-20+,41-28-,46-29-,48-39-. The van der Waals surface area contributed by atoms with Crippen LogP contribution in [0.1, 0.15) is 119 Å². The number of nitrogens with one attached hydrogen (secondary N) is 2. The summed E-state index contributed by atoms with van der Waals surface area (Å²) >= 11 is 0. The first kappa shape index (κ1) is 51.4. The number of ether oxygens (including phenoxy) is 3. The molecule has 2 N–H and O–H groups in total. The molecule has 1 saturated carbocycles. The van der Waals surface area contributed by atoms with Crippen molar-refractivity contribution in [1.82, 2.24) is 20.4 Å². The van der Waals surface area contributed by atoms with Gasteiger partial charge in [-0.1, -0.05) is 109 Å². The van der Waals surface area contributed by atoms with E-state index in [0.717, 1.165) is 70.0 Å². The molecule has 0 aromatic heterocycles. The van der Waals surface area contributed by atoms with Gasteiger partial charge < -0.3 is 34.6 Å². The number of allylic oxidation sites excluding steroid dienone is 10. The van der Waals surface area contributed by atoms with Gasteiger partial charge in [0.1, 0.15) is 13.2 Å². The van der Waals surface area contributed by atoms with E-state index >= 15 is 0 Å². The van der Waals surface area contributed by atoms with E-state index in [4.69, 9.17) is 14.2 Å². The van der Waals surface area contributed by atoms with Crippen molar-refractivity contribution < 1.29 is 28.6 Å². The number of methoxy groups -OCH3 is 1. The Kier molecular flexibility index (Phi) is 19.5. The van der Waals surface area contributed by atoms with Crippen molar-refractivity contribution in [3.8, 4) is 0 Å². The maximum atomic E-state index is 14.3. The zero-order valence-electron chi connectivity index (χ0n) is 41.0. The Morgan fingerprint density at radius 2 is 1.70 bits per heavy atom. The number of hydrogen-bond donors (Lipinski definition) is 2. The van der Waals surface area contributed by atoms with E-state index in [1.54, 1.807) is 30.9 Å². The molecule has 2 unspecified atom stereocenters. The highest BCUT2D eigenvalue weighted by molar-refractivity contribution is 5.87. The topological polar surface area (TPSA) is 113 Å². The quantitative estimate of drug-likeness (QED) is 0.0389. The van der Waals surface area contributed by atoms with Crippen LogP contribution in [0, 0.1) is 17.3 Å². The molecule has 0 spiro atoms. The van der Waals surface area contributed by atoms with Crippen molar-refractivity contribution in [2.45, 2.75) is 119 Å². The van der Waals surface area contributed by atoms with Crippen molar-refractivity contribution in [1.29, 1.82) is 0 Å². The average Bonchev–Trinajstić information content (AvgIpc) is 3.77. The number of carbonyl (C=O) groups excluding carboxylic acids is 3. The Balaban J connectivity index is 1.72. The van der Waals surface area contributed by atoms with Crippen LogP contribution in [-0.2, 0) is 24.4 Å². The average molecular weight is 882 g/mol. The van der Waals surface area contributed by atoms with Crippen LogP contribution in [-0.4, -0.2) is 88.0 Å². The third-order valence-corrected chi connectivity index (χ3v) is 12.6. The summed E-state index contributed by atoms with van der Waals surface area (Å²) < 4.78 is 16.9. The molecule has 2 aliphatic carbocycles. The van der Waals surface area contributed by atoms with Crippen LogP contribution < -0.4 is 15.5 Å². The molecule has 1 aliphatic heterocycles. The van der Waals surface area contributed by atoms with Crippen LogP contribution in [0.2, 0.25) is 0 Å². The Hall–Kier alpha value is -5.19. The number of alkyl carbamates (subject to hydrolysis) is 1. The highest BCUT2D eigenvalue weighted by Crippen LogP contribution is 2.49. The fourth-order valence-corrected chi connectivity index (χ4v) is 9.35. The number of nitrogens with zero attached hydrogens (tertiary/aromatic N) is 3. The highest BCUT2D eigenvalue weighted by Gasteiger charge is 2.40. The third-order valence-electron chi connectivity index (χ3n) is 12.6. The third kappa shape index (κ3) is 13.0. The fraction of sp³-hybridized carbons (Fsp3) is 0.566. The molecule has 3 aliphatic rings. The van der Waals surface area contributed by atoms with E-state index in [1.165, 1.54) is 33.8 Å². The number of anilines is 1. The molecular formula is C53H79N5O6. The lowest BCUT2D eigenvalue weighted by atomic mass is 9.76. The van der Waals surface area contributed by atoms with E-state index in [-0.39, 0.29) is 60.6 Å². The van der Waals surface area contributed by atoms with Gasteiger partial charge in [0, 0.05) is 60.7 Å². The van der Waals surface area contributed by atoms with Gasteiger partial charge in [0.05, 0.1) is 20.2 Å². The number of para-hydroxylation sites is 1. The van der Waals surface area contributed by atoms with Crippen LogP contribution >= 0.6 is 0 Å². The number of urea groups is 1. The minimum Gasteiger partial charge on any atom is -0.482 e. The monoisotopic (exact) mass is 882 g/mol. The summed E-state index contributed by atoms with van der Waals surface area (Å²) in [5.74, 6) is 0.0403. The van der Waals surface area contributed by atoms with Gasteiger partial charge in [-0.2, -0.15) is 0 Å². The zero-order valence-corrected chi connectivity index (χ0v) is 41.0. The van der Waals surface area contributed by atoms with E-state index < -0.39 is 12.1 Å². The molecular weight excluding hydrogens is 803 g/mol. The lowest BCUT2D eigenvalue weighted by Crippen LogP contribution is -2.44. The minimum absolute atomic E-state index is 0.0167. The largest absolute Gasteiger partial charge is 0.482 e. The van der Waals surface area contributed by atoms with Crippen molar-refractivity contribution >= 4 is 23.8 Å². The Bertz CT molecular complexity index is 1990. The predicted octanol–water partition coefficient (Wildman–Crippen LogP) is 11.1. The second-order valence-electron chi connectivity index (χ2n) is 18.6. The van der Waals surface area contributed by atoms with E-state index in [9.17, 15) is 14.4 Å². The Morgan fingerprint density at radius 3 is 2.39 bits per heavy atom. The predicted molar refractivity (Wildman–Crippen MR) is 261 cm³/mol. The van der Waals surface area contributed by atoms with Crippen LogP contribution in [0.5, 0.6) is 0 Å². The smallest absolute Gasteiger partial charge is 0.407 e. The van der Waals surface area contributed by atoms with E-state index in [0.29, 0.717) is 12.4 Å². The van der Waals surface area contributed by atoms with Gasteiger partial charge in [-0.25, -0.2) is 14.4 Å². The Morgan fingerprint density at radius 1 is 0.969 bits per heavy atom. The van der Waals surface area contributed by atoms with Gasteiger partial charge in [-0.05, 0) is 105 Å². The van der Waals surface area contributed by atoms with Crippen LogP contribution in [0.3, 0.4) is 0 Å². The molecule has 11 heteroatoms. The number of benzene rings is 1. The number of rotatable bonds is 22. The summed E-state index contributed by atoms with van der Waals surface area (Å²) in [6, 6.07) is 8.51. The molecule has 0 bridgehead atoms. The Labute approximate surface area is 385 Å². The fourth-order valence-electron chi connectivity index (χ4n) is 9.35. The van der Waals surface area contributed by atoms with Gasteiger partial charge in [0.25, 0.3) is 0 Å². The maximum Gasteiger partial charge on any atom is 0.407 e. The lowest BCUT2D eigenvalue weighted by molar-refractivity contribution is -0.138. The molecule has 0 radical (unpaired) electrons. The molecule has 64 heavy (non-hydrogen) atoms. The molecule has 1 fully saturated rings. The summed E-state index contributed by atoms with van der Waals surface area (Å²) in [4.78, 5) is 44.5. The zero-order chi connectivity index (χ0) is 47.0. The van der Waals surface area contributed by atoms with Crippen molar-refractivity contribution in [2.24, 2.45) is 17.3 Å². The van der Waals surface area contributed by atoms with Gasteiger partial charge in [-0.3, -0.25) is 4.90 Å². The summed E-state index contributed by atoms with van der Waals surface area (Å²) in [5, 5.41) is 6.29. The molecule has 1 heterocycles. The van der Waals surface area contributed by atoms with Crippen molar-refractivity contribution in [2.75, 3.05) is 65.0 Å². The van der Waals surface area contributed by atoms with Crippen molar-refractivity contribution in [3.05, 3.63) is 112 Å². The summed E-state index contributed by atoms with van der Waals surface area (Å²) in [7, 11) is 3.40. The van der Waals surface area contributed by atoms with Gasteiger partial charge in [0.15, 0.2) is 5.88 Å². The highest BCUT2D eigenvalue weighted by atomic mass is 16.6. The minimum atomic E-state index is -0.677. The second-order valence-corrected chi connectivity index (χ2v) is 18.6. The molecule has 11 nitrogen and oxygen atoms in total. The molecule has 1 aromatic rings. The number of amides is 3. The van der Waals surface area contributed by atoms with Gasteiger partial charge >= 0.3 is 18.1 Å². The van der Waals surface area contributed by atoms with Crippen LogP contribution in [0.4, 0.5) is 15.3 Å². The number of fused-ring (bicyclic) bond motifs is 1. The van der Waals surface area contributed by atoms with Crippen LogP contribution in [0.15, 0.2) is 107 Å². The number of hydrogen-bond acceptors (Lipinski definition) is 8. The molecule has 1 aromatic carbocycles. The number of carbonyl (C=O) groups is 3. The van der Waals surface area contributed by atoms with E-state index in [2.05, 4.69) is 131 Å². The number of esters is 1. The van der Waals surface area contributed by atoms with Crippen LogP contribution in [0.25, 0.3) is 0 Å². The first-order chi connectivity index (χ1) is 30.5. The van der Waals surface area contributed by atoms with Gasteiger partial charge in [0.2, 0.25) is 0 Å². The van der Waals surface area contributed by atoms with Crippen molar-refractivity contribution in [3.63, 3.8) is 0 Å². The SMILES string of the molecule is C=C(C)C(=O)OCCNC(=O)OCCN(C(=O)N(C)CCC)/C(OC)=C(\C)C1/C(=C\C=C2/N(CCC)c3ccccc3C2(C)C)CCC1/C=C/CC(C)(C)C1=CCCC=C1NCCC.